The van der Waals surface area contributed by atoms with E-state index in [0.29, 0.717) is 33.4 Å². The summed E-state index contributed by atoms with van der Waals surface area (Å²) in [5, 5.41) is 2.46. The number of amides is 1. The van der Waals surface area contributed by atoms with Crippen LogP contribution in [0.4, 0.5) is 5.69 Å². The van der Waals surface area contributed by atoms with Gasteiger partial charge in [0.25, 0.3) is 5.91 Å². The van der Waals surface area contributed by atoms with Crippen molar-refractivity contribution in [2.24, 2.45) is 0 Å². The van der Waals surface area contributed by atoms with Gasteiger partial charge in [-0.05, 0) is 41.3 Å². The Hall–Kier alpha value is -2.63. The highest BCUT2D eigenvalue weighted by molar-refractivity contribution is 7.12. The number of rotatable bonds is 4. The molecule has 0 radical (unpaired) electrons. The molecule has 1 aliphatic heterocycles. The van der Waals surface area contributed by atoms with Gasteiger partial charge in [-0.25, -0.2) is 0 Å². The Morgan fingerprint density at radius 2 is 2.00 bits per heavy atom. The van der Waals surface area contributed by atoms with Gasteiger partial charge in [0.1, 0.15) is 5.75 Å². The van der Waals surface area contributed by atoms with Crippen LogP contribution in [0.5, 0.6) is 5.75 Å². The first kappa shape index (κ1) is 16.8. The minimum Gasteiger partial charge on any atom is -0.482 e. The molecule has 1 aromatic heterocycles. The van der Waals surface area contributed by atoms with E-state index in [1.54, 1.807) is 35.2 Å². The van der Waals surface area contributed by atoms with Crippen molar-refractivity contribution in [2.75, 3.05) is 11.5 Å². The molecule has 130 valence electrons. The van der Waals surface area contributed by atoms with E-state index in [1.165, 1.54) is 11.3 Å². The van der Waals surface area contributed by atoms with Crippen molar-refractivity contribution in [3.63, 3.8) is 0 Å². The molecule has 0 unspecified atom stereocenters. The largest absolute Gasteiger partial charge is 0.482 e. The second kappa shape index (κ2) is 6.94. The molecule has 4 nitrogen and oxygen atoms in total. The van der Waals surface area contributed by atoms with Crippen molar-refractivity contribution in [3.05, 3.63) is 81.0 Å². The summed E-state index contributed by atoms with van der Waals surface area (Å²) in [6, 6.07) is 16.2. The van der Waals surface area contributed by atoms with Gasteiger partial charge in [-0.15, -0.1) is 11.3 Å². The first-order valence-corrected chi connectivity index (χ1v) is 9.28. The number of ketones is 1. The van der Waals surface area contributed by atoms with E-state index in [0.717, 1.165) is 5.56 Å². The molecule has 1 aliphatic rings. The summed E-state index contributed by atoms with van der Waals surface area (Å²) >= 11 is 7.64. The molecule has 0 bridgehead atoms. The maximum atomic E-state index is 12.6. The Kier molecular flexibility index (Phi) is 4.49. The summed E-state index contributed by atoms with van der Waals surface area (Å²) in [6.07, 6.45) is 0. The van der Waals surface area contributed by atoms with Crippen LogP contribution in [-0.4, -0.2) is 18.3 Å². The molecule has 4 rings (SSSR count). The molecule has 0 saturated carbocycles. The predicted octanol–water partition coefficient (Wildman–Crippen LogP) is 4.56. The Labute approximate surface area is 159 Å². The number of hydrogen-bond donors (Lipinski definition) is 0. The molecule has 0 fully saturated rings. The molecule has 2 aromatic carbocycles. The lowest BCUT2D eigenvalue weighted by Crippen LogP contribution is -2.38. The van der Waals surface area contributed by atoms with Crippen LogP contribution in [0, 0.1) is 0 Å². The summed E-state index contributed by atoms with van der Waals surface area (Å²) in [5.74, 6) is 0.344. The lowest BCUT2D eigenvalue weighted by atomic mass is 10.1. The summed E-state index contributed by atoms with van der Waals surface area (Å²) in [7, 11) is 0. The summed E-state index contributed by atoms with van der Waals surface area (Å²) in [6.45, 7) is 0.293. The third-order valence-electron chi connectivity index (χ3n) is 4.20. The van der Waals surface area contributed by atoms with Crippen LogP contribution in [0.15, 0.2) is 60.0 Å². The van der Waals surface area contributed by atoms with Crippen LogP contribution in [0.2, 0.25) is 5.02 Å². The minimum absolute atomic E-state index is 0.0321. The standard InChI is InChI=1S/C20H14ClNO3S/c21-15-5-2-1-4-14(15)11-22-16-10-13(20(24)18-6-3-9-26-18)7-8-17(16)25-12-19(22)23/h1-10H,11-12H2. The number of carbonyl (C=O) groups excluding carboxylic acids is 2. The van der Waals surface area contributed by atoms with Crippen LogP contribution in [0.25, 0.3) is 0 Å². The normalized spacial score (nSPS) is 13.3. The van der Waals surface area contributed by atoms with Gasteiger partial charge in [-0.3, -0.25) is 9.59 Å². The Balaban J connectivity index is 1.72. The van der Waals surface area contributed by atoms with E-state index in [9.17, 15) is 9.59 Å². The second-order valence-electron chi connectivity index (χ2n) is 5.85. The zero-order chi connectivity index (χ0) is 18.1. The van der Waals surface area contributed by atoms with E-state index >= 15 is 0 Å². The number of thiophene rings is 1. The van der Waals surface area contributed by atoms with Crippen LogP contribution in [-0.2, 0) is 11.3 Å². The minimum atomic E-state index is -0.168. The number of carbonyl (C=O) groups is 2. The van der Waals surface area contributed by atoms with Gasteiger partial charge in [0.2, 0.25) is 5.78 Å². The zero-order valence-corrected chi connectivity index (χ0v) is 15.2. The highest BCUT2D eigenvalue weighted by Crippen LogP contribution is 2.35. The Morgan fingerprint density at radius 1 is 1.15 bits per heavy atom. The van der Waals surface area contributed by atoms with E-state index in [4.69, 9.17) is 16.3 Å². The molecular formula is C20H14ClNO3S. The van der Waals surface area contributed by atoms with E-state index in [-0.39, 0.29) is 18.3 Å². The SMILES string of the molecule is O=C(c1ccc2c(c1)N(Cc1ccccc1Cl)C(=O)CO2)c1cccs1. The monoisotopic (exact) mass is 383 g/mol. The predicted molar refractivity (Wildman–Crippen MR) is 102 cm³/mol. The van der Waals surface area contributed by atoms with Gasteiger partial charge in [0.05, 0.1) is 17.1 Å². The highest BCUT2D eigenvalue weighted by Gasteiger charge is 2.27. The quantitative estimate of drug-likeness (QED) is 0.620. The van der Waals surface area contributed by atoms with Gasteiger partial charge in [-0.1, -0.05) is 35.9 Å². The molecule has 2 heterocycles. The fraction of sp³-hybridized carbons (Fsp3) is 0.100. The molecule has 3 aromatic rings. The molecule has 6 heteroatoms. The number of hydrogen-bond acceptors (Lipinski definition) is 4. The molecule has 0 aliphatic carbocycles. The van der Waals surface area contributed by atoms with Gasteiger partial charge in [0.15, 0.2) is 6.61 Å². The third-order valence-corrected chi connectivity index (χ3v) is 5.43. The van der Waals surface area contributed by atoms with Crippen LogP contribution in [0.1, 0.15) is 20.8 Å². The number of halogens is 1. The lowest BCUT2D eigenvalue weighted by molar-refractivity contribution is -0.121. The summed E-state index contributed by atoms with van der Waals surface area (Å²) in [5.41, 5.74) is 1.95. The van der Waals surface area contributed by atoms with E-state index < -0.39 is 0 Å². The Morgan fingerprint density at radius 3 is 2.77 bits per heavy atom. The van der Waals surface area contributed by atoms with Crippen LogP contribution in [0.3, 0.4) is 0 Å². The van der Waals surface area contributed by atoms with Gasteiger partial charge in [0, 0.05) is 10.6 Å². The smallest absolute Gasteiger partial charge is 0.265 e. The van der Waals surface area contributed by atoms with Gasteiger partial charge in [-0.2, -0.15) is 0 Å². The molecule has 26 heavy (non-hydrogen) atoms. The Bertz CT molecular complexity index is 984. The second-order valence-corrected chi connectivity index (χ2v) is 7.20. The average molecular weight is 384 g/mol. The summed E-state index contributed by atoms with van der Waals surface area (Å²) in [4.78, 5) is 27.4. The average Bonchev–Trinajstić information content (AvgIpc) is 3.19. The number of anilines is 1. The first-order valence-electron chi connectivity index (χ1n) is 8.02. The van der Waals surface area contributed by atoms with Crippen molar-refractivity contribution in [1.82, 2.24) is 0 Å². The summed E-state index contributed by atoms with van der Waals surface area (Å²) < 4.78 is 5.53. The number of benzene rings is 2. The van der Waals surface area contributed by atoms with Crippen LogP contribution >= 0.6 is 22.9 Å². The van der Waals surface area contributed by atoms with Gasteiger partial charge < -0.3 is 9.64 Å². The molecule has 0 spiro atoms. The van der Waals surface area contributed by atoms with Crippen molar-refractivity contribution in [3.8, 4) is 5.75 Å². The zero-order valence-electron chi connectivity index (χ0n) is 13.6. The highest BCUT2D eigenvalue weighted by atomic mass is 35.5. The number of fused-ring (bicyclic) bond motifs is 1. The first-order chi connectivity index (χ1) is 12.6. The van der Waals surface area contributed by atoms with Crippen molar-refractivity contribution in [1.29, 1.82) is 0 Å². The molecular weight excluding hydrogens is 370 g/mol. The lowest BCUT2D eigenvalue weighted by Gasteiger charge is -2.30. The topological polar surface area (TPSA) is 46.6 Å². The molecule has 0 atom stereocenters. The molecule has 1 amide bonds. The number of nitrogens with zero attached hydrogens (tertiary/aromatic N) is 1. The van der Waals surface area contributed by atoms with Gasteiger partial charge >= 0.3 is 0 Å². The van der Waals surface area contributed by atoms with E-state index in [2.05, 4.69) is 0 Å². The van der Waals surface area contributed by atoms with Crippen molar-refractivity contribution >= 4 is 40.3 Å². The fourth-order valence-electron chi connectivity index (χ4n) is 2.86. The molecule has 0 saturated heterocycles. The maximum Gasteiger partial charge on any atom is 0.265 e. The van der Waals surface area contributed by atoms with Crippen molar-refractivity contribution in [2.45, 2.75) is 6.54 Å². The molecule has 0 N–H and O–H groups in total. The fourth-order valence-corrected chi connectivity index (χ4v) is 3.74. The van der Waals surface area contributed by atoms with E-state index in [1.807, 2.05) is 29.6 Å². The third kappa shape index (κ3) is 3.11. The van der Waals surface area contributed by atoms with Crippen molar-refractivity contribution < 1.29 is 14.3 Å². The number of ether oxygens (including phenoxy) is 1. The maximum absolute atomic E-state index is 12.6. The van der Waals surface area contributed by atoms with Crippen LogP contribution < -0.4 is 9.64 Å².